The summed E-state index contributed by atoms with van der Waals surface area (Å²) in [6.07, 6.45) is 0. The average molecular weight is 545 g/mol. The maximum Gasteiger partial charge on any atom is 0.333 e. The van der Waals surface area contributed by atoms with Crippen molar-refractivity contribution >= 4 is 11.9 Å². The highest BCUT2D eigenvalue weighted by Crippen LogP contribution is 2.18. The zero-order valence-corrected chi connectivity index (χ0v) is 21.5. The third-order valence-electron chi connectivity index (χ3n) is 5.07. The molecule has 0 aliphatic heterocycles. The zero-order chi connectivity index (χ0) is 29.7. The third-order valence-corrected chi connectivity index (χ3v) is 5.07. The summed E-state index contributed by atoms with van der Waals surface area (Å²) in [4.78, 5) is 22.5. The highest BCUT2D eigenvalue weighted by molar-refractivity contribution is 5.87. The molecule has 37 heavy (non-hydrogen) atoms. The highest BCUT2D eigenvalue weighted by atomic mass is 16.6. The smallest absolute Gasteiger partial charge is 0.333 e. The normalized spacial score (nSPS) is 11.4. The molecule has 0 saturated heterocycles. The van der Waals surface area contributed by atoms with Crippen molar-refractivity contribution in [2.45, 2.75) is 13.8 Å². The first kappa shape index (κ1) is 39.5. The monoisotopic (exact) mass is 544 g/mol. The van der Waals surface area contributed by atoms with E-state index in [0.717, 1.165) is 0 Å². The molecule has 220 valence electrons. The Kier molecular flexibility index (Phi) is 22.4. The van der Waals surface area contributed by atoms with Crippen LogP contribution in [0.25, 0.3) is 0 Å². The third kappa shape index (κ3) is 15.1. The molecule has 0 aliphatic carbocycles. The molecule has 0 fully saturated rings. The number of carbonyl (C=O) groups is 2. The lowest BCUT2D eigenvalue weighted by Crippen LogP contribution is -2.41. The molecule has 14 heteroatoms. The van der Waals surface area contributed by atoms with E-state index in [0.29, 0.717) is 0 Å². The van der Waals surface area contributed by atoms with Crippen LogP contribution >= 0.6 is 0 Å². The van der Waals surface area contributed by atoms with Crippen molar-refractivity contribution in [3.8, 4) is 0 Å². The second-order valence-electron chi connectivity index (χ2n) is 8.79. The van der Waals surface area contributed by atoms with E-state index in [-0.39, 0.29) is 24.4 Å². The van der Waals surface area contributed by atoms with Gasteiger partial charge < -0.3 is 60.5 Å². The van der Waals surface area contributed by atoms with Gasteiger partial charge in [0.2, 0.25) is 0 Å². The molecule has 0 amide bonds. The van der Waals surface area contributed by atoms with Crippen molar-refractivity contribution in [3.63, 3.8) is 0 Å². The van der Waals surface area contributed by atoms with Crippen molar-refractivity contribution in [1.82, 2.24) is 0 Å². The molecule has 0 spiro atoms. The summed E-state index contributed by atoms with van der Waals surface area (Å²) >= 11 is 0. The Morgan fingerprint density at radius 3 is 0.784 bits per heavy atom. The molecular weight excluding hydrogens is 500 g/mol. The van der Waals surface area contributed by atoms with Crippen LogP contribution in [-0.2, 0) is 19.1 Å². The minimum atomic E-state index is -1.24. The van der Waals surface area contributed by atoms with Gasteiger partial charge in [0.25, 0.3) is 0 Å². The Hall–Kier alpha value is -1.98. The minimum Gasteiger partial charge on any atom is -0.461 e. The van der Waals surface area contributed by atoms with Crippen LogP contribution in [-0.4, -0.2) is 142 Å². The molecule has 0 atom stereocenters. The predicted octanol–water partition coefficient (Wildman–Crippen LogP) is -3.92. The maximum absolute atomic E-state index is 11.3. The molecule has 0 rings (SSSR count). The van der Waals surface area contributed by atoms with E-state index in [1.807, 2.05) is 0 Å². The number of aliphatic hydroxyl groups excluding tert-OH is 10. The molecule has 0 heterocycles. The van der Waals surface area contributed by atoms with Crippen molar-refractivity contribution in [3.05, 3.63) is 24.3 Å². The lowest BCUT2D eigenvalue weighted by atomic mass is 9.92. The van der Waals surface area contributed by atoms with E-state index in [9.17, 15) is 19.8 Å². The van der Waals surface area contributed by atoms with Gasteiger partial charge in [0.15, 0.2) is 0 Å². The van der Waals surface area contributed by atoms with E-state index in [2.05, 4.69) is 13.2 Å². The molecule has 0 aromatic rings. The maximum atomic E-state index is 11.3. The zero-order valence-electron chi connectivity index (χ0n) is 21.5. The van der Waals surface area contributed by atoms with Gasteiger partial charge in [-0.25, -0.2) is 9.59 Å². The van der Waals surface area contributed by atoms with Crippen LogP contribution in [0.4, 0.5) is 0 Å². The van der Waals surface area contributed by atoms with E-state index < -0.39 is 94.3 Å². The van der Waals surface area contributed by atoms with Gasteiger partial charge in [0.1, 0.15) is 13.2 Å². The first-order chi connectivity index (χ1) is 17.3. The van der Waals surface area contributed by atoms with Gasteiger partial charge >= 0.3 is 11.9 Å². The molecule has 10 N–H and O–H groups in total. The van der Waals surface area contributed by atoms with Gasteiger partial charge in [-0.1, -0.05) is 13.2 Å². The van der Waals surface area contributed by atoms with Gasteiger partial charge in [-0.05, 0) is 13.8 Å². The number of ether oxygens (including phenoxy) is 2. The first-order valence-electron chi connectivity index (χ1n) is 11.0. The Bertz CT molecular complexity index is 565. The molecular formula is C23H44O14. The molecule has 0 aromatic heterocycles. The molecule has 0 saturated carbocycles. The van der Waals surface area contributed by atoms with Gasteiger partial charge in [-0.3, -0.25) is 0 Å². The lowest BCUT2D eigenvalue weighted by Gasteiger charge is -2.28. The first-order valence-corrected chi connectivity index (χ1v) is 11.0. The number of carbonyl (C=O) groups excluding carboxylic acids is 2. The molecule has 0 unspecified atom stereocenters. The molecule has 0 radical (unpaired) electrons. The topological polar surface area (TPSA) is 255 Å². The van der Waals surface area contributed by atoms with Crippen LogP contribution in [0.5, 0.6) is 0 Å². The van der Waals surface area contributed by atoms with Gasteiger partial charge in [-0.2, -0.15) is 0 Å². The number of esters is 2. The van der Waals surface area contributed by atoms with Crippen molar-refractivity contribution in [1.29, 1.82) is 0 Å². The number of hydrogen-bond acceptors (Lipinski definition) is 14. The summed E-state index contributed by atoms with van der Waals surface area (Å²) in [5.41, 5.74) is -3.07. The Morgan fingerprint density at radius 1 is 0.486 bits per heavy atom. The molecule has 0 aromatic carbocycles. The quantitative estimate of drug-likeness (QED) is 0.0658. The summed E-state index contributed by atoms with van der Waals surface area (Å²) < 4.78 is 9.74. The van der Waals surface area contributed by atoms with Crippen molar-refractivity contribution < 1.29 is 70.1 Å². The summed E-state index contributed by atoms with van der Waals surface area (Å²) in [5.74, 6) is -1.28. The molecule has 0 aliphatic rings. The number of hydrogen-bond donors (Lipinski definition) is 10. The SMILES string of the molecule is C=C(C)C(=O)OCC(CO)(CO)COC(=O)C(=C)C.OCC(CO)(CO)CO.OCC(CO)(CO)CO. The van der Waals surface area contributed by atoms with E-state index in [1.54, 1.807) is 0 Å². The standard InChI is InChI=1S/C13H20O6.2C5H12O4/c1-9(2)11(16)18-7-13(5-14,6-15)8-19-12(17)10(3)4;2*6-1-5(2-7,3-8)4-9/h14-15H,1,3,5-8H2,2,4H3;2*6-9H,1-4H2. The highest BCUT2D eigenvalue weighted by Gasteiger charge is 2.33. The van der Waals surface area contributed by atoms with E-state index in [1.165, 1.54) is 13.8 Å². The largest absolute Gasteiger partial charge is 0.461 e. The molecule has 14 nitrogen and oxygen atoms in total. The summed E-state index contributed by atoms with van der Waals surface area (Å²) in [5, 5.41) is 86.6. The van der Waals surface area contributed by atoms with Crippen LogP contribution in [0.3, 0.4) is 0 Å². The Labute approximate surface area is 216 Å². The van der Waals surface area contributed by atoms with Gasteiger partial charge in [0, 0.05) is 11.1 Å². The minimum absolute atomic E-state index is 0.198. The van der Waals surface area contributed by atoms with Gasteiger partial charge in [0.05, 0.1) is 82.3 Å². The lowest BCUT2D eigenvalue weighted by molar-refractivity contribution is -0.154. The van der Waals surface area contributed by atoms with Crippen LogP contribution in [0.1, 0.15) is 13.8 Å². The second-order valence-corrected chi connectivity index (χ2v) is 8.79. The summed E-state index contributed by atoms with van der Waals surface area (Å²) in [7, 11) is 0. The summed E-state index contributed by atoms with van der Waals surface area (Å²) in [6, 6.07) is 0. The van der Waals surface area contributed by atoms with Crippen LogP contribution in [0.15, 0.2) is 24.3 Å². The van der Waals surface area contributed by atoms with E-state index in [4.69, 9.17) is 50.3 Å². The number of aliphatic hydroxyl groups is 10. The van der Waals surface area contributed by atoms with Crippen LogP contribution < -0.4 is 0 Å². The second kappa shape index (κ2) is 21.0. The fraction of sp³-hybridized carbons (Fsp3) is 0.739. The summed E-state index contributed by atoms with van der Waals surface area (Å²) in [6.45, 7) is 4.94. The van der Waals surface area contributed by atoms with E-state index >= 15 is 0 Å². The fourth-order valence-corrected chi connectivity index (χ4v) is 1.56. The Morgan fingerprint density at radius 2 is 0.676 bits per heavy atom. The van der Waals surface area contributed by atoms with Crippen molar-refractivity contribution in [2.75, 3.05) is 79.3 Å². The molecule has 0 bridgehead atoms. The Balaban J connectivity index is -0.000000534. The van der Waals surface area contributed by atoms with Crippen molar-refractivity contribution in [2.24, 2.45) is 16.2 Å². The number of rotatable bonds is 16. The van der Waals surface area contributed by atoms with Crippen LogP contribution in [0, 0.1) is 16.2 Å². The average Bonchev–Trinajstić information content (AvgIpc) is 2.92. The predicted molar refractivity (Wildman–Crippen MR) is 130 cm³/mol. The van der Waals surface area contributed by atoms with Crippen LogP contribution in [0.2, 0.25) is 0 Å². The van der Waals surface area contributed by atoms with Gasteiger partial charge in [-0.15, -0.1) is 0 Å². The fourth-order valence-electron chi connectivity index (χ4n) is 1.56.